The number of benzene rings is 2. The summed E-state index contributed by atoms with van der Waals surface area (Å²) in [5.74, 6) is -1.26. The smallest absolute Gasteiger partial charge is 0.408 e. The Bertz CT molecular complexity index is 1400. The fourth-order valence-corrected chi connectivity index (χ4v) is 3.99. The van der Waals surface area contributed by atoms with Gasteiger partial charge in [-0.1, -0.05) is 30.3 Å². The highest BCUT2D eigenvalue weighted by atomic mass is 32.2. The van der Waals surface area contributed by atoms with E-state index in [0.29, 0.717) is 0 Å². The average molecular weight is 531 g/mol. The molecule has 0 aliphatic heterocycles. The monoisotopic (exact) mass is 530 g/mol. The second kappa shape index (κ2) is 10.2. The molecule has 0 saturated heterocycles. The van der Waals surface area contributed by atoms with E-state index < -0.39 is 33.2 Å². The van der Waals surface area contributed by atoms with E-state index in [1.807, 2.05) is 30.3 Å². The van der Waals surface area contributed by atoms with Gasteiger partial charge in [-0.3, -0.25) is 4.31 Å². The number of anilines is 1. The Morgan fingerprint density at radius 2 is 1.73 bits per heavy atom. The molecule has 0 fully saturated rings. The van der Waals surface area contributed by atoms with E-state index in [2.05, 4.69) is 15.5 Å². The molecule has 0 saturated carbocycles. The summed E-state index contributed by atoms with van der Waals surface area (Å²) in [6, 6.07) is 13.3. The van der Waals surface area contributed by atoms with Crippen LogP contribution in [0.4, 0.5) is 10.5 Å². The first-order valence-corrected chi connectivity index (χ1v) is 13.1. The number of carboxylic acid groups (broad SMARTS) is 1. The first kappa shape index (κ1) is 27.7. The molecular formula is C25H30N4O7S. The third-order valence-electron chi connectivity index (χ3n) is 5.35. The number of amides is 1. The van der Waals surface area contributed by atoms with Gasteiger partial charge in [0.15, 0.2) is 0 Å². The van der Waals surface area contributed by atoms with E-state index in [9.17, 15) is 23.1 Å². The number of alkyl carbamates (subject to hydrolysis) is 1. The molecule has 11 nitrogen and oxygen atoms in total. The molecule has 37 heavy (non-hydrogen) atoms. The number of nitrogens with zero attached hydrogens (tertiary/aromatic N) is 3. The van der Waals surface area contributed by atoms with E-state index in [-0.39, 0.29) is 35.0 Å². The van der Waals surface area contributed by atoms with Crippen LogP contribution >= 0.6 is 0 Å². The number of hydrogen-bond donors (Lipinski definition) is 2. The molecule has 0 bridgehead atoms. The third-order valence-corrected chi connectivity index (χ3v) is 6.55. The summed E-state index contributed by atoms with van der Waals surface area (Å²) in [6.45, 7) is 6.93. The van der Waals surface area contributed by atoms with Gasteiger partial charge in [-0.25, -0.2) is 18.0 Å². The van der Waals surface area contributed by atoms with Crippen molar-refractivity contribution in [2.24, 2.45) is 0 Å². The number of aromatic carboxylic acids is 1. The first-order chi connectivity index (χ1) is 17.1. The lowest BCUT2D eigenvalue weighted by atomic mass is 9.92. The fraction of sp³-hybridized carbons (Fsp3) is 0.360. The van der Waals surface area contributed by atoms with Crippen molar-refractivity contribution in [3.05, 3.63) is 65.5 Å². The average Bonchev–Trinajstić information content (AvgIpc) is 3.28. The molecule has 1 amide bonds. The van der Waals surface area contributed by atoms with Gasteiger partial charge in [0.05, 0.1) is 17.5 Å². The molecule has 2 aromatic carbocycles. The highest BCUT2D eigenvalue weighted by Gasteiger charge is 2.37. The zero-order valence-electron chi connectivity index (χ0n) is 21.5. The van der Waals surface area contributed by atoms with Crippen LogP contribution in [0.15, 0.2) is 52.9 Å². The van der Waals surface area contributed by atoms with Gasteiger partial charge in [0.1, 0.15) is 11.1 Å². The van der Waals surface area contributed by atoms with Gasteiger partial charge in [-0.05, 0) is 51.5 Å². The van der Waals surface area contributed by atoms with Crippen molar-refractivity contribution in [2.75, 3.05) is 17.6 Å². The van der Waals surface area contributed by atoms with Gasteiger partial charge in [0, 0.05) is 19.0 Å². The molecule has 0 aliphatic carbocycles. The molecule has 12 heteroatoms. The minimum absolute atomic E-state index is 0.0495. The number of rotatable bonds is 8. The highest BCUT2D eigenvalue weighted by Crippen LogP contribution is 2.31. The van der Waals surface area contributed by atoms with Crippen molar-refractivity contribution >= 4 is 27.8 Å². The zero-order chi connectivity index (χ0) is 27.6. The lowest BCUT2D eigenvalue weighted by Crippen LogP contribution is -2.47. The van der Waals surface area contributed by atoms with Crippen LogP contribution in [0, 0.1) is 0 Å². The Hall–Kier alpha value is -3.93. The van der Waals surface area contributed by atoms with Crippen LogP contribution in [0.1, 0.15) is 49.5 Å². The number of ether oxygens (including phenoxy) is 1. The second-order valence-electron chi connectivity index (χ2n) is 9.84. The molecule has 0 aliphatic rings. The summed E-state index contributed by atoms with van der Waals surface area (Å²) >= 11 is 0. The van der Waals surface area contributed by atoms with Crippen molar-refractivity contribution in [3.63, 3.8) is 0 Å². The van der Waals surface area contributed by atoms with E-state index in [4.69, 9.17) is 9.15 Å². The predicted octanol–water partition coefficient (Wildman–Crippen LogP) is 3.81. The quantitative estimate of drug-likeness (QED) is 0.443. The lowest BCUT2D eigenvalue weighted by molar-refractivity contribution is 0.0443. The summed E-state index contributed by atoms with van der Waals surface area (Å²) in [6.07, 6.45) is 0.601. The molecule has 1 heterocycles. The minimum Gasteiger partial charge on any atom is -0.478 e. The molecular weight excluding hydrogens is 500 g/mol. The molecule has 2 N–H and O–H groups in total. The molecule has 198 valence electrons. The maximum absolute atomic E-state index is 12.7. The van der Waals surface area contributed by atoms with Gasteiger partial charge in [0.25, 0.3) is 0 Å². The topological polar surface area (TPSA) is 152 Å². The summed E-state index contributed by atoms with van der Waals surface area (Å²) < 4.78 is 36.4. The van der Waals surface area contributed by atoms with Gasteiger partial charge in [-0.2, -0.15) is 0 Å². The van der Waals surface area contributed by atoms with E-state index >= 15 is 0 Å². The second-order valence-corrected chi connectivity index (χ2v) is 11.9. The van der Waals surface area contributed by atoms with Crippen molar-refractivity contribution in [1.29, 1.82) is 0 Å². The molecule has 3 aromatic rings. The molecule has 3 rings (SSSR count). The Morgan fingerprint density at radius 1 is 1.08 bits per heavy atom. The third kappa shape index (κ3) is 7.06. The summed E-state index contributed by atoms with van der Waals surface area (Å²) in [5.41, 5.74) is -0.907. The number of hydrogen-bond acceptors (Lipinski definition) is 8. The Balaban J connectivity index is 2.06. The molecule has 1 aromatic heterocycles. The number of aromatic nitrogens is 2. The van der Waals surface area contributed by atoms with Crippen LogP contribution in [0.3, 0.4) is 0 Å². The van der Waals surface area contributed by atoms with Crippen LogP contribution in [0.2, 0.25) is 0 Å². The summed E-state index contributed by atoms with van der Waals surface area (Å²) in [5, 5.41) is 20.6. The van der Waals surface area contributed by atoms with Crippen molar-refractivity contribution in [3.8, 4) is 11.5 Å². The van der Waals surface area contributed by atoms with Gasteiger partial charge in [-0.15, -0.1) is 10.2 Å². The van der Waals surface area contributed by atoms with Crippen LogP contribution in [0.5, 0.6) is 0 Å². The fourth-order valence-electron chi connectivity index (χ4n) is 3.50. The van der Waals surface area contributed by atoms with Crippen LogP contribution in [0.25, 0.3) is 11.5 Å². The largest absolute Gasteiger partial charge is 0.478 e. The van der Waals surface area contributed by atoms with Crippen molar-refractivity contribution in [2.45, 2.75) is 45.3 Å². The minimum atomic E-state index is -3.67. The molecule has 1 atom stereocenters. The zero-order valence-corrected chi connectivity index (χ0v) is 22.3. The SMILES string of the molecule is CN(c1cc(C(=O)O)cc(-c2nnc(C(C)(Cc3ccccc3)NC(=O)OC(C)(C)C)o2)c1)S(C)(=O)=O. The van der Waals surface area contributed by atoms with Crippen LogP contribution in [-0.2, 0) is 26.7 Å². The normalized spacial score (nSPS) is 13.5. The number of sulfonamides is 1. The maximum Gasteiger partial charge on any atom is 0.408 e. The maximum atomic E-state index is 12.7. The molecule has 0 spiro atoms. The van der Waals surface area contributed by atoms with Crippen molar-refractivity contribution in [1.82, 2.24) is 15.5 Å². The van der Waals surface area contributed by atoms with E-state index in [1.165, 1.54) is 25.2 Å². The lowest BCUT2D eigenvalue weighted by Gasteiger charge is -2.29. The van der Waals surface area contributed by atoms with Crippen LogP contribution < -0.4 is 9.62 Å². The number of nitrogens with one attached hydrogen (secondary N) is 1. The Kier molecular flexibility index (Phi) is 7.63. The Morgan fingerprint density at radius 3 is 2.30 bits per heavy atom. The van der Waals surface area contributed by atoms with E-state index in [1.54, 1.807) is 27.7 Å². The highest BCUT2D eigenvalue weighted by molar-refractivity contribution is 7.92. The number of carbonyl (C=O) groups is 2. The summed E-state index contributed by atoms with van der Waals surface area (Å²) in [4.78, 5) is 24.4. The van der Waals surface area contributed by atoms with Crippen molar-refractivity contribution < 1.29 is 32.3 Å². The van der Waals surface area contributed by atoms with Crippen LogP contribution in [-0.4, -0.2) is 54.7 Å². The van der Waals surface area contributed by atoms with E-state index in [0.717, 1.165) is 16.1 Å². The first-order valence-electron chi connectivity index (χ1n) is 11.3. The predicted molar refractivity (Wildman–Crippen MR) is 137 cm³/mol. The Labute approximate surface area is 215 Å². The molecule has 0 radical (unpaired) electrons. The van der Waals surface area contributed by atoms with Gasteiger partial charge in [0.2, 0.25) is 21.8 Å². The van der Waals surface area contributed by atoms with Gasteiger partial charge < -0.3 is 19.6 Å². The molecule has 1 unspecified atom stereocenters. The number of carbonyl (C=O) groups excluding carboxylic acids is 1. The van der Waals surface area contributed by atoms with Gasteiger partial charge >= 0.3 is 12.1 Å². The number of carboxylic acids is 1. The summed E-state index contributed by atoms with van der Waals surface area (Å²) in [7, 11) is -2.36. The standard InChI is InChI=1S/C25H30N4O7S/c1-24(2,3)36-23(32)26-25(4,15-16-10-8-7-9-11-16)22-28-27-20(35-22)17-12-18(21(30)31)14-19(13-17)29(5)37(6,33)34/h7-14H,15H2,1-6H3,(H,26,32)(H,30,31).